The van der Waals surface area contributed by atoms with Crippen LogP contribution >= 0.6 is 15.9 Å². The molecule has 1 rings (SSSR count). The van der Waals surface area contributed by atoms with E-state index in [-0.39, 0.29) is 13.2 Å². The molecule has 1 aromatic carbocycles. The van der Waals surface area contributed by atoms with Crippen molar-refractivity contribution < 1.29 is 19.1 Å². The smallest absolute Gasteiger partial charge is 0.331 e. The van der Waals surface area contributed by atoms with E-state index < -0.39 is 16.8 Å². The van der Waals surface area contributed by atoms with Gasteiger partial charge in [0.15, 0.2) is 0 Å². The summed E-state index contributed by atoms with van der Waals surface area (Å²) < 4.78 is 9.66. The standard InChI is InChI=1S/C12H13BrO4/c1-2-16-11(14)10(13)12(15)17-8-9-6-4-3-5-7-9/h3-7,10H,2,8H2,1H3. The Kier molecular flexibility index (Phi) is 5.69. The molecule has 17 heavy (non-hydrogen) atoms. The van der Waals surface area contributed by atoms with E-state index in [0.717, 1.165) is 5.56 Å². The quantitative estimate of drug-likeness (QED) is 0.474. The van der Waals surface area contributed by atoms with Gasteiger partial charge < -0.3 is 9.47 Å². The van der Waals surface area contributed by atoms with Crippen LogP contribution < -0.4 is 0 Å². The Morgan fingerprint density at radius 2 is 1.76 bits per heavy atom. The Balaban J connectivity index is 2.42. The lowest BCUT2D eigenvalue weighted by Gasteiger charge is -2.09. The van der Waals surface area contributed by atoms with Crippen molar-refractivity contribution in [1.82, 2.24) is 0 Å². The molecular formula is C12H13BrO4. The summed E-state index contributed by atoms with van der Waals surface area (Å²) in [6.45, 7) is 2.04. The zero-order valence-electron chi connectivity index (χ0n) is 9.39. The zero-order chi connectivity index (χ0) is 12.7. The predicted molar refractivity (Wildman–Crippen MR) is 65.6 cm³/mol. The molecule has 1 unspecified atom stereocenters. The van der Waals surface area contributed by atoms with Crippen LogP contribution in [0.15, 0.2) is 30.3 Å². The van der Waals surface area contributed by atoms with Crippen LogP contribution in [0.1, 0.15) is 12.5 Å². The fourth-order valence-corrected chi connectivity index (χ4v) is 1.38. The van der Waals surface area contributed by atoms with E-state index in [1.165, 1.54) is 0 Å². The van der Waals surface area contributed by atoms with E-state index >= 15 is 0 Å². The number of alkyl halides is 1. The number of esters is 2. The van der Waals surface area contributed by atoms with Crippen LogP contribution in [0.5, 0.6) is 0 Å². The molecule has 0 saturated carbocycles. The van der Waals surface area contributed by atoms with Crippen molar-refractivity contribution in [2.45, 2.75) is 18.4 Å². The minimum atomic E-state index is -1.06. The Morgan fingerprint density at radius 3 is 2.35 bits per heavy atom. The van der Waals surface area contributed by atoms with E-state index in [0.29, 0.717) is 0 Å². The van der Waals surface area contributed by atoms with Crippen molar-refractivity contribution in [2.75, 3.05) is 6.61 Å². The second-order valence-corrected chi connectivity index (χ2v) is 4.12. The average Bonchev–Trinajstić information content (AvgIpc) is 2.36. The number of carbonyl (C=O) groups is 2. The highest BCUT2D eigenvalue weighted by Gasteiger charge is 2.26. The summed E-state index contributed by atoms with van der Waals surface area (Å²) >= 11 is 2.93. The van der Waals surface area contributed by atoms with Crippen molar-refractivity contribution in [3.05, 3.63) is 35.9 Å². The Bertz CT molecular complexity index is 377. The summed E-state index contributed by atoms with van der Waals surface area (Å²) in [5, 5.41) is 0. The Labute approximate surface area is 108 Å². The maximum absolute atomic E-state index is 11.5. The third-order valence-electron chi connectivity index (χ3n) is 1.92. The molecule has 0 aliphatic carbocycles. The Hall–Kier alpha value is -1.36. The van der Waals surface area contributed by atoms with Gasteiger partial charge in [-0.05, 0) is 12.5 Å². The van der Waals surface area contributed by atoms with Crippen LogP contribution in [0, 0.1) is 0 Å². The zero-order valence-corrected chi connectivity index (χ0v) is 11.0. The molecule has 0 fully saturated rings. The van der Waals surface area contributed by atoms with E-state index in [1.807, 2.05) is 30.3 Å². The molecule has 0 aromatic heterocycles. The monoisotopic (exact) mass is 300 g/mol. The van der Waals surface area contributed by atoms with Gasteiger partial charge in [-0.2, -0.15) is 0 Å². The van der Waals surface area contributed by atoms with Gasteiger partial charge in [-0.3, -0.25) is 9.59 Å². The maximum Gasteiger partial charge on any atom is 0.331 e. The van der Waals surface area contributed by atoms with Gasteiger partial charge in [-0.25, -0.2) is 0 Å². The highest BCUT2D eigenvalue weighted by atomic mass is 79.9. The van der Waals surface area contributed by atoms with Gasteiger partial charge in [0.25, 0.3) is 0 Å². The van der Waals surface area contributed by atoms with Crippen molar-refractivity contribution in [3.63, 3.8) is 0 Å². The van der Waals surface area contributed by atoms with Crippen molar-refractivity contribution in [1.29, 1.82) is 0 Å². The molecule has 0 aliphatic rings. The second-order valence-electron chi connectivity index (χ2n) is 3.21. The molecule has 0 heterocycles. The minimum Gasteiger partial charge on any atom is -0.465 e. The van der Waals surface area contributed by atoms with Crippen LogP contribution in [-0.4, -0.2) is 23.4 Å². The third-order valence-corrected chi connectivity index (χ3v) is 2.67. The number of carbonyl (C=O) groups excluding carboxylic acids is 2. The fraction of sp³-hybridized carbons (Fsp3) is 0.333. The van der Waals surface area contributed by atoms with Crippen molar-refractivity contribution >= 4 is 27.9 Å². The molecular weight excluding hydrogens is 288 g/mol. The summed E-state index contributed by atoms with van der Waals surface area (Å²) in [4.78, 5) is 21.6. The van der Waals surface area contributed by atoms with E-state index in [1.54, 1.807) is 6.92 Å². The first-order valence-electron chi connectivity index (χ1n) is 5.16. The number of rotatable bonds is 5. The number of hydrogen-bond acceptors (Lipinski definition) is 4. The van der Waals surface area contributed by atoms with Crippen LogP contribution in [0.2, 0.25) is 0 Å². The van der Waals surface area contributed by atoms with Crippen LogP contribution in [-0.2, 0) is 25.7 Å². The van der Waals surface area contributed by atoms with Gasteiger partial charge in [0, 0.05) is 0 Å². The number of halogens is 1. The maximum atomic E-state index is 11.5. The van der Waals surface area contributed by atoms with E-state index in [4.69, 9.17) is 9.47 Å². The first kappa shape index (κ1) is 13.7. The lowest BCUT2D eigenvalue weighted by Crippen LogP contribution is -2.28. The fourth-order valence-electron chi connectivity index (χ4n) is 1.11. The van der Waals surface area contributed by atoms with Gasteiger partial charge in [0.1, 0.15) is 6.61 Å². The summed E-state index contributed by atoms with van der Waals surface area (Å²) in [6.07, 6.45) is 0. The average molecular weight is 301 g/mol. The molecule has 0 aliphatic heterocycles. The molecule has 0 radical (unpaired) electrons. The minimum absolute atomic E-state index is 0.140. The van der Waals surface area contributed by atoms with Gasteiger partial charge >= 0.3 is 11.9 Å². The molecule has 4 nitrogen and oxygen atoms in total. The number of benzene rings is 1. The first-order chi connectivity index (χ1) is 8.15. The normalized spacial score (nSPS) is 11.6. The third kappa shape index (κ3) is 4.56. The molecule has 0 N–H and O–H groups in total. The van der Waals surface area contributed by atoms with Gasteiger partial charge in [-0.15, -0.1) is 0 Å². The van der Waals surface area contributed by atoms with Gasteiger partial charge in [0.2, 0.25) is 4.83 Å². The molecule has 1 aromatic rings. The summed E-state index contributed by atoms with van der Waals surface area (Å²) in [5.74, 6) is -1.28. The molecule has 0 saturated heterocycles. The Morgan fingerprint density at radius 1 is 1.18 bits per heavy atom. The highest BCUT2D eigenvalue weighted by molar-refractivity contribution is 9.10. The van der Waals surface area contributed by atoms with Crippen molar-refractivity contribution in [3.8, 4) is 0 Å². The van der Waals surface area contributed by atoms with Crippen LogP contribution in [0.25, 0.3) is 0 Å². The number of hydrogen-bond donors (Lipinski definition) is 0. The molecule has 1 atom stereocenters. The van der Waals surface area contributed by atoms with Crippen LogP contribution in [0.4, 0.5) is 0 Å². The van der Waals surface area contributed by atoms with Crippen molar-refractivity contribution in [2.24, 2.45) is 0 Å². The van der Waals surface area contributed by atoms with Gasteiger partial charge in [0.05, 0.1) is 6.61 Å². The lowest BCUT2D eigenvalue weighted by atomic mass is 10.2. The SMILES string of the molecule is CCOC(=O)C(Br)C(=O)OCc1ccccc1. The molecule has 0 spiro atoms. The van der Waals surface area contributed by atoms with E-state index in [9.17, 15) is 9.59 Å². The lowest BCUT2D eigenvalue weighted by molar-refractivity contribution is -0.153. The van der Waals surface area contributed by atoms with E-state index in [2.05, 4.69) is 15.9 Å². The topological polar surface area (TPSA) is 52.6 Å². The molecule has 92 valence electrons. The molecule has 5 heteroatoms. The highest BCUT2D eigenvalue weighted by Crippen LogP contribution is 2.08. The summed E-state index contributed by atoms with van der Waals surface area (Å²) in [5.41, 5.74) is 0.865. The largest absolute Gasteiger partial charge is 0.465 e. The number of ether oxygens (including phenoxy) is 2. The second kappa shape index (κ2) is 7.06. The van der Waals surface area contributed by atoms with Crippen LogP contribution in [0.3, 0.4) is 0 Å². The van der Waals surface area contributed by atoms with Gasteiger partial charge in [-0.1, -0.05) is 46.3 Å². The summed E-state index contributed by atoms with van der Waals surface area (Å²) in [6, 6.07) is 9.24. The summed E-state index contributed by atoms with van der Waals surface area (Å²) in [7, 11) is 0. The molecule has 0 amide bonds. The predicted octanol–water partition coefficient (Wildman–Crippen LogP) is 2.06. The molecule has 0 bridgehead atoms. The first-order valence-corrected chi connectivity index (χ1v) is 6.08.